The summed E-state index contributed by atoms with van der Waals surface area (Å²) in [6.45, 7) is 0. The van der Waals surface area contributed by atoms with Gasteiger partial charge < -0.3 is 0 Å². The van der Waals surface area contributed by atoms with Crippen LogP contribution < -0.4 is 0 Å². The van der Waals surface area contributed by atoms with Crippen molar-refractivity contribution in [2.75, 3.05) is 0 Å². The molecule has 142 valence electrons. The molecule has 5 rings (SSSR count). The summed E-state index contributed by atoms with van der Waals surface area (Å²) in [6.07, 6.45) is 7.34. The Hall–Kier alpha value is -2.37. The van der Waals surface area contributed by atoms with Gasteiger partial charge in [-0.1, -0.05) is 30.3 Å². The van der Waals surface area contributed by atoms with Crippen molar-refractivity contribution < 1.29 is 0 Å². The van der Waals surface area contributed by atoms with E-state index in [1.54, 1.807) is 0 Å². The van der Waals surface area contributed by atoms with Gasteiger partial charge in [-0.3, -0.25) is 4.98 Å². The molecular weight excluding hydrogens is 490 g/mol. The molecule has 0 spiro atoms. The number of halogens is 2. The van der Waals surface area contributed by atoms with Gasteiger partial charge in [-0.25, -0.2) is 9.97 Å². The minimum atomic E-state index is -0.207. The predicted molar refractivity (Wildman–Crippen MR) is 122 cm³/mol. The largest absolute Gasteiger partial charge is 0.256 e. The van der Waals surface area contributed by atoms with E-state index in [1.807, 2.05) is 24.7 Å². The summed E-state index contributed by atoms with van der Waals surface area (Å²) in [7, 11) is 0. The lowest BCUT2D eigenvalue weighted by Gasteiger charge is -2.32. The summed E-state index contributed by atoms with van der Waals surface area (Å²) in [6, 6.07) is 21.4. The Kier molecular flexibility index (Phi) is 4.80. The Morgan fingerprint density at radius 1 is 0.655 bits per heavy atom. The van der Waals surface area contributed by atoms with Gasteiger partial charge in [0.1, 0.15) is 9.21 Å². The normalized spacial score (nSPS) is 13.7. The van der Waals surface area contributed by atoms with E-state index in [0.717, 1.165) is 27.7 Å². The lowest BCUT2D eigenvalue weighted by Crippen LogP contribution is -2.31. The fraction of sp³-hybridized carbons (Fsp3) is 0.125. The van der Waals surface area contributed by atoms with Gasteiger partial charge in [-0.05, 0) is 97.3 Å². The van der Waals surface area contributed by atoms with Crippen molar-refractivity contribution in [1.29, 1.82) is 0 Å². The first-order chi connectivity index (χ1) is 14.2. The Bertz CT molecular complexity index is 1110. The highest BCUT2D eigenvalue weighted by Gasteiger charge is 2.43. The first-order valence-corrected chi connectivity index (χ1v) is 11.0. The summed E-state index contributed by atoms with van der Waals surface area (Å²) in [5.74, 6) is 0. The number of aromatic nitrogens is 3. The van der Waals surface area contributed by atoms with E-state index in [-0.39, 0.29) is 5.41 Å². The number of benzene rings is 1. The molecule has 0 N–H and O–H groups in total. The molecule has 0 unspecified atom stereocenters. The Morgan fingerprint density at radius 3 is 1.93 bits per heavy atom. The van der Waals surface area contributed by atoms with Gasteiger partial charge in [-0.2, -0.15) is 0 Å². The summed E-state index contributed by atoms with van der Waals surface area (Å²) in [4.78, 5) is 13.4. The van der Waals surface area contributed by atoms with E-state index in [4.69, 9.17) is 4.98 Å². The summed E-state index contributed by atoms with van der Waals surface area (Å²) >= 11 is 7.06. The molecule has 0 fully saturated rings. The van der Waals surface area contributed by atoms with Crippen LogP contribution in [0, 0.1) is 0 Å². The number of nitrogens with zero attached hydrogens (tertiary/aromatic N) is 3. The number of rotatable bonds is 4. The van der Waals surface area contributed by atoms with Crippen molar-refractivity contribution in [2.45, 2.75) is 18.3 Å². The number of hydrogen-bond donors (Lipinski definition) is 0. The Balaban J connectivity index is 1.74. The van der Waals surface area contributed by atoms with E-state index in [9.17, 15) is 0 Å². The third-order valence-corrected chi connectivity index (χ3v) is 6.48. The van der Waals surface area contributed by atoms with Crippen molar-refractivity contribution in [1.82, 2.24) is 15.0 Å². The molecule has 0 saturated carbocycles. The molecule has 1 aromatic carbocycles. The third-order valence-electron chi connectivity index (χ3n) is 5.61. The SMILES string of the molecule is Brc1cc(CC2(Cc3ccnc(Br)c3)c3ccccc3-c3ncccc32)ccn1. The molecule has 0 aliphatic heterocycles. The second kappa shape index (κ2) is 7.47. The maximum absolute atomic E-state index is 4.77. The van der Waals surface area contributed by atoms with Crippen molar-refractivity contribution in [3.8, 4) is 11.3 Å². The van der Waals surface area contributed by atoms with Gasteiger partial charge in [0.25, 0.3) is 0 Å². The zero-order valence-corrected chi connectivity index (χ0v) is 18.7. The van der Waals surface area contributed by atoms with Crippen LogP contribution in [0.2, 0.25) is 0 Å². The van der Waals surface area contributed by atoms with E-state index in [1.165, 1.54) is 27.8 Å². The summed E-state index contributed by atoms with van der Waals surface area (Å²) < 4.78 is 1.71. The third kappa shape index (κ3) is 3.32. The van der Waals surface area contributed by atoms with Crippen molar-refractivity contribution in [3.05, 3.63) is 111 Å². The lowest BCUT2D eigenvalue weighted by atomic mass is 9.70. The average molecular weight is 507 g/mol. The second-order valence-corrected chi connectivity index (χ2v) is 8.98. The van der Waals surface area contributed by atoms with Crippen LogP contribution >= 0.6 is 31.9 Å². The molecule has 0 bridgehead atoms. The highest BCUT2D eigenvalue weighted by molar-refractivity contribution is 9.10. The fourth-order valence-electron chi connectivity index (χ4n) is 4.50. The number of hydrogen-bond acceptors (Lipinski definition) is 3. The molecule has 3 aromatic heterocycles. The molecule has 1 aliphatic rings. The molecular formula is C24H17Br2N3. The topological polar surface area (TPSA) is 38.7 Å². The van der Waals surface area contributed by atoms with E-state index < -0.39 is 0 Å². The van der Waals surface area contributed by atoms with Gasteiger partial charge in [0.15, 0.2) is 0 Å². The van der Waals surface area contributed by atoms with Gasteiger partial charge in [0.2, 0.25) is 0 Å². The first-order valence-electron chi connectivity index (χ1n) is 9.42. The first kappa shape index (κ1) is 18.6. The molecule has 5 heteroatoms. The zero-order chi connectivity index (χ0) is 19.8. The van der Waals surface area contributed by atoms with Crippen LogP contribution in [-0.2, 0) is 18.3 Å². The Labute approximate surface area is 186 Å². The van der Waals surface area contributed by atoms with Crippen molar-refractivity contribution in [2.24, 2.45) is 0 Å². The standard InChI is InChI=1S/C24H17Br2N3/c25-21-12-16(7-10-27-21)14-24(15-17-8-11-28-22(26)13-17)19-5-2-1-4-18(19)23-20(24)6-3-9-29-23/h1-13H,14-15H2. The maximum atomic E-state index is 4.77. The summed E-state index contributed by atoms with van der Waals surface area (Å²) in [5, 5.41) is 0. The molecule has 4 aromatic rings. The zero-order valence-electron chi connectivity index (χ0n) is 15.5. The maximum Gasteiger partial charge on any atom is 0.106 e. The number of pyridine rings is 3. The van der Waals surface area contributed by atoms with Crippen molar-refractivity contribution >= 4 is 31.9 Å². The van der Waals surface area contributed by atoms with Crippen molar-refractivity contribution in [3.63, 3.8) is 0 Å². The van der Waals surface area contributed by atoms with Crippen LogP contribution in [0.25, 0.3) is 11.3 Å². The predicted octanol–water partition coefficient (Wildman–Crippen LogP) is 6.15. The molecule has 0 radical (unpaired) electrons. The summed E-state index contributed by atoms with van der Waals surface area (Å²) in [5.41, 5.74) is 7.20. The second-order valence-electron chi connectivity index (χ2n) is 7.35. The highest BCUT2D eigenvalue weighted by Crippen LogP contribution is 2.51. The minimum Gasteiger partial charge on any atom is -0.256 e. The molecule has 1 aliphatic carbocycles. The fourth-order valence-corrected chi connectivity index (χ4v) is 5.33. The molecule has 0 saturated heterocycles. The van der Waals surface area contributed by atoms with Crippen LogP contribution in [0.4, 0.5) is 0 Å². The van der Waals surface area contributed by atoms with Gasteiger partial charge in [0, 0.05) is 29.6 Å². The highest BCUT2D eigenvalue weighted by atomic mass is 79.9. The quantitative estimate of drug-likeness (QED) is 0.311. The van der Waals surface area contributed by atoms with Crippen LogP contribution in [0.1, 0.15) is 22.3 Å². The number of fused-ring (bicyclic) bond motifs is 3. The van der Waals surface area contributed by atoms with Crippen LogP contribution in [0.3, 0.4) is 0 Å². The van der Waals surface area contributed by atoms with Gasteiger partial charge in [0.05, 0.1) is 5.69 Å². The molecule has 0 atom stereocenters. The van der Waals surface area contributed by atoms with Crippen LogP contribution in [0.5, 0.6) is 0 Å². The molecule has 29 heavy (non-hydrogen) atoms. The van der Waals surface area contributed by atoms with E-state index >= 15 is 0 Å². The van der Waals surface area contributed by atoms with Crippen LogP contribution in [0.15, 0.2) is 88.5 Å². The molecule has 3 nitrogen and oxygen atoms in total. The molecule has 3 heterocycles. The van der Waals surface area contributed by atoms with Crippen LogP contribution in [-0.4, -0.2) is 15.0 Å². The smallest absolute Gasteiger partial charge is 0.106 e. The monoisotopic (exact) mass is 505 g/mol. The van der Waals surface area contributed by atoms with Gasteiger partial charge in [-0.15, -0.1) is 0 Å². The lowest BCUT2D eigenvalue weighted by molar-refractivity contribution is 0.518. The molecule has 0 amide bonds. The van der Waals surface area contributed by atoms with E-state index in [2.05, 4.69) is 96.4 Å². The van der Waals surface area contributed by atoms with Gasteiger partial charge >= 0.3 is 0 Å². The average Bonchev–Trinajstić information content (AvgIpc) is 2.99. The van der Waals surface area contributed by atoms with E-state index in [0.29, 0.717) is 0 Å². The minimum absolute atomic E-state index is 0.207. The Morgan fingerprint density at radius 2 is 1.28 bits per heavy atom.